The van der Waals surface area contributed by atoms with E-state index in [0.29, 0.717) is 23.5 Å². The van der Waals surface area contributed by atoms with Crippen LogP contribution >= 0.6 is 15.9 Å². The Bertz CT molecular complexity index is 1060. The van der Waals surface area contributed by atoms with Crippen LogP contribution in [0.25, 0.3) is 11.0 Å². The lowest BCUT2D eigenvalue weighted by molar-refractivity contribution is 0.0481. The molecule has 0 aliphatic carbocycles. The third kappa shape index (κ3) is 2.12. The second-order valence-corrected chi connectivity index (χ2v) is 7.32. The largest absolute Gasteiger partial charge is 0.369 e. The van der Waals surface area contributed by atoms with Crippen molar-refractivity contribution in [2.24, 2.45) is 5.10 Å². The molecule has 8 heteroatoms. The Morgan fingerprint density at radius 2 is 2.08 bits per heavy atom. The van der Waals surface area contributed by atoms with E-state index >= 15 is 0 Å². The van der Waals surface area contributed by atoms with Crippen molar-refractivity contribution in [3.05, 3.63) is 59.9 Å². The summed E-state index contributed by atoms with van der Waals surface area (Å²) in [7, 11) is 0. The van der Waals surface area contributed by atoms with Crippen molar-refractivity contribution >= 4 is 44.4 Å². The monoisotopic (exact) mass is 411 g/mol. The van der Waals surface area contributed by atoms with Crippen molar-refractivity contribution in [2.45, 2.75) is 11.1 Å². The summed E-state index contributed by atoms with van der Waals surface area (Å²) in [4.78, 5) is 21.3. The molecule has 0 saturated carbocycles. The molecule has 2 atom stereocenters. The highest BCUT2D eigenvalue weighted by atomic mass is 79.9. The van der Waals surface area contributed by atoms with Gasteiger partial charge in [-0.1, -0.05) is 34.1 Å². The van der Waals surface area contributed by atoms with E-state index in [4.69, 9.17) is 0 Å². The number of nitrogens with one attached hydrogen (secondary N) is 1. The summed E-state index contributed by atoms with van der Waals surface area (Å²) in [5.74, 6) is 0.263. The molecule has 2 N–H and O–H groups in total. The predicted molar refractivity (Wildman–Crippen MR) is 101 cm³/mol. The number of hydrogen-bond donors (Lipinski definition) is 2. The molecular formula is C18H14BrN5O2. The Balaban J connectivity index is 1.55. The predicted octanol–water partition coefficient (Wildman–Crippen LogP) is 2.61. The van der Waals surface area contributed by atoms with Crippen molar-refractivity contribution in [1.82, 2.24) is 14.9 Å². The van der Waals surface area contributed by atoms with Gasteiger partial charge in [0.25, 0.3) is 5.91 Å². The van der Waals surface area contributed by atoms with E-state index in [1.54, 1.807) is 24.4 Å². The summed E-state index contributed by atoms with van der Waals surface area (Å²) < 4.78 is 0. The minimum Gasteiger partial charge on any atom is -0.369 e. The molecule has 2 aliphatic rings. The van der Waals surface area contributed by atoms with Gasteiger partial charge in [0.05, 0.1) is 17.1 Å². The van der Waals surface area contributed by atoms with Crippen LogP contribution in [-0.2, 0) is 0 Å². The van der Waals surface area contributed by atoms with E-state index in [1.165, 1.54) is 4.90 Å². The summed E-state index contributed by atoms with van der Waals surface area (Å²) in [5.41, 5.74) is 2.80. The molecule has 0 fully saturated rings. The van der Waals surface area contributed by atoms with Gasteiger partial charge in [0.15, 0.2) is 6.23 Å². The van der Waals surface area contributed by atoms with Crippen LogP contribution in [0.2, 0.25) is 0 Å². The van der Waals surface area contributed by atoms with Gasteiger partial charge in [-0.25, -0.2) is 4.98 Å². The number of aliphatic hydroxyl groups is 1. The van der Waals surface area contributed by atoms with E-state index in [-0.39, 0.29) is 10.7 Å². The Morgan fingerprint density at radius 1 is 1.23 bits per heavy atom. The fourth-order valence-electron chi connectivity index (χ4n) is 3.51. The van der Waals surface area contributed by atoms with Crippen LogP contribution in [0.3, 0.4) is 0 Å². The van der Waals surface area contributed by atoms with Crippen LogP contribution < -0.4 is 5.01 Å². The van der Waals surface area contributed by atoms with Crippen molar-refractivity contribution in [3.63, 3.8) is 0 Å². The Kier molecular flexibility index (Phi) is 3.38. The fraction of sp³-hybridized carbons (Fsp3) is 0.167. The molecule has 26 heavy (non-hydrogen) atoms. The number of rotatable bonds is 1. The number of hydrogen-bond acceptors (Lipinski definition) is 5. The van der Waals surface area contributed by atoms with Crippen LogP contribution in [0.15, 0.2) is 53.9 Å². The summed E-state index contributed by atoms with van der Waals surface area (Å²) in [6, 6.07) is 10.9. The number of benzene rings is 1. The van der Waals surface area contributed by atoms with Gasteiger partial charge in [0.1, 0.15) is 11.5 Å². The molecule has 5 rings (SSSR count). The maximum atomic E-state index is 12.8. The first-order valence-electron chi connectivity index (χ1n) is 8.18. The maximum absolute atomic E-state index is 12.8. The van der Waals surface area contributed by atoms with E-state index < -0.39 is 6.23 Å². The first-order chi connectivity index (χ1) is 12.6. The molecule has 130 valence electrons. The van der Waals surface area contributed by atoms with E-state index in [2.05, 4.69) is 31.0 Å². The van der Waals surface area contributed by atoms with Gasteiger partial charge in [-0.05, 0) is 18.2 Å². The number of aliphatic hydroxyl groups excluding tert-OH is 1. The molecule has 0 spiro atoms. The molecular weight excluding hydrogens is 398 g/mol. The van der Waals surface area contributed by atoms with E-state index in [9.17, 15) is 9.90 Å². The summed E-state index contributed by atoms with van der Waals surface area (Å²) >= 11 is 3.61. The van der Waals surface area contributed by atoms with Crippen molar-refractivity contribution in [3.8, 4) is 0 Å². The normalized spacial score (nSPS) is 22.2. The number of amidine groups is 1. The molecule has 0 saturated heterocycles. The van der Waals surface area contributed by atoms with Gasteiger partial charge >= 0.3 is 0 Å². The third-order valence-electron chi connectivity index (χ3n) is 4.73. The zero-order chi connectivity index (χ0) is 17.8. The standard InChI is InChI=1S/C18H14BrN5O2/c19-13-9-23(14-6-8-21-15-12(14)5-7-20-15)22-16(13)24-17(25)10-3-1-2-4-11(10)18(24)26/h1-8,13,17,25H,9H2,(H,20,21)/t13?,17-/m0/s1. The molecule has 0 bridgehead atoms. The molecule has 1 aromatic carbocycles. The molecule has 4 heterocycles. The SMILES string of the molecule is O=C1c2ccccc2[C@H](O)N1C1=NN(c2ccnc3[nH]ccc23)CC1Br. The van der Waals surface area contributed by atoms with Gasteiger partial charge in [0.2, 0.25) is 0 Å². The Hall–Kier alpha value is -2.71. The lowest BCUT2D eigenvalue weighted by Crippen LogP contribution is -2.38. The molecule has 2 aromatic heterocycles. The van der Waals surface area contributed by atoms with Gasteiger partial charge in [-0.15, -0.1) is 0 Å². The Labute approximate surface area is 157 Å². The maximum Gasteiger partial charge on any atom is 0.262 e. The molecule has 3 aromatic rings. The fourth-order valence-corrected chi connectivity index (χ4v) is 4.10. The molecule has 1 amide bonds. The van der Waals surface area contributed by atoms with Gasteiger partial charge in [0, 0.05) is 28.9 Å². The molecule has 2 aliphatic heterocycles. The van der Waals surface area contributed by atoms with Crippen LogP contribution in [0.1, 0.15) is 22.1 Å². The lowest BCUT2D eigenvalue weighted by atomic mass is 10.1. The topological polar surface area (TPSA) is 84.8 Å². The first kappa shape index (κ1) is 15.5. The second kappa shape index (κ2) is 5.65. The van der Waals surface area contributed by atoms with Crippen LogP contribution in [0.5, 0.6) is 0 Å². The smallest absolute Gasteiger partial charge is 0.262 e. The number of nitrogens with zero attached hydrogens (tertiary/aromatic N) is 4. The van der Waals surface area contributed by atoms with Crippen LogP contribution in [0.4, 0.5) is 5.69 Å². The number of halogens is 1. The van der Waals surface area contributed by atoms with E-state index in [1.807, 2.05) is 29.4 Å². The number of fused-ring (bicyclic) bond motifs is 2. The van der Waals surface area contributed by atoms with Crippen LogP contribution in [-0.4, -0.2) is 43.1 Å². The average molecular weight is 412 g/mol. The first-order valence-corrected chi connectivity index (χ1v) is 9.09. The Morgan fingerprint density at radius 3 is 2.92 bits per heavy atom. The number of carbonyl (C=O) groups excluding carboxylic acids is 1. The summed E-state index contributed by atoms with van der Waals surface area (Å²) in [6.45, 7) is 0.548. The number of hydrazone groups is 1. The van der Waals surface area contributed by atoms with Crippen LogP contribution in [0, 0.1) is 0 Å². The number of amides is 1. The quantitative estimate of drug-likeness (QED) is 0.602. The second-order valence-electron chi connectivity index (χ2n) is 6.21. The highest BCUT2D eigenvalue weighted by Gasteiger charge is 2.43. The minimum absolute atomic E-state index is 0.183. The number of H-pyrrole nitrogens is 1. The van der Waals surface area contributed by atoms with Gasteiger partial charge in [-0.2, -0.15) is 5.10 Å². The lowest BCUT2D eigenvalue weighted by Gasteiger charge is -2.21. The van der Waals surface area contributed by atoms with Gasteiger partial charge in [-0.3, -0.25) is 14.7 Å². The summed E-state index contributed by atoms with van der Waals surface area (Å²) in [6.07, 6.45) is 2.52. The highest BCUT2D eigenvalue weighted by Crippen LogP contribution is 2.36. The van der Waals surface area contributed by atoms with E-state index in [0.717, 1.165) is 16.7 Å². The minimum atomic E-state index is -1.03. The van der Waals surface area contributed by atoms with Crippen molar-refractivity contribution in [1.29, 1.82) is 0 Å². The zero-order valence-electron chi connectivity index (χ0n) is 13.5. The number of carbonyl (C=O) groups is 1. The molecule has 1 unspecified atom stereocenters. The van der Waals surface area contributed by atoms with Crippen molar-refractivity contribution < 1.29 is 9.90 Å². The molecule has 0 radical (unpaired) electrons. The number of aromatic nitrogens is 2. The number of aromatic amines is 1. The number of pyridine rings is 1. The highest BCUT2D eigenvalue weighted by molar-refractivity contribution is 9.10. The van der Waals surface area contributed by atoms with Crippen molar-refractivity contribution in [2.75, 3.05) is 11.6 Å². The molecule has 7 nitrogen and oxygen atoms in total. The third-order valence-corrected chi connectivity index (χ3v) is 5.43. The summed E-state index contributed by atoms with van der Waals surface area (Å²) in [5, 5.41) is 18.1. The average Bonchev–Trinajstić information content (AvgIpc) is 3.33. The zero-order valence-corrected chi connectivity index (χ0v) is 15.1. The van der Waals surface area contributed by atoms with Gasteiger partial charge < -0.3 is 10.1 Å². The number of alkyl halides is 1. The number of anilines is 1.